The lowest BCUT2D eigenvalue weighted by molar-refractivity contribution is 0.197. The zero-order chi connectivity index (χ0) is 12.4. The number of hydrogen-bond donors (Lipinski definition) is 2. The topological polar surface area (TPSA) is 32.3 Å². The summed E-state index contributed by atoms with van der Waals surface area (Å²) in [6, 6.07) is 9.97. The molecule has 2 N–H and O–H groups in total. The number of aryl methyl sites for hydroxylation is 1. The Hall–Kier alpha value is -0.860. The Bertz CT molecular complexity index is 404. The van der Waals surface area contributed by atoms with Crippen LogP contribution in [0.1, 0.15) is 36.8 Å². The van der Waals surface area contributed by atoms with E-state index in [2.05, 4.69) is 29.6 Å². The Morgan fingerprint density at radius 1 is 1.11 bits per heavy atom. The van der Waals surface area contributed by atoms with Crippen molar-refractivity contribution >= 4 is 0 Å². The lowest BCUT2D eigenvalue weighted by Crippen LogP contribution is -2.44. The minimum absolute atomic E-state index is 0.348. The molecule has 1 saturated carbocycles. The third-order valence-corrected chi connectivity index (χ3v) is 4.69. The molecule has 3 unspecified atom stereocenters. The van der Waals surface area contributed by atoms with Gasteiger partial charge in [0.15, 0.2) is 0 Å². The second-order valence-corrected chi connectivity index (χ2v) is 5.86. The summed E-state index contributed by atoms with van der Waals surface area (Å²) in [6.45, 7) is 0.348. The van der Waals surface area contributed by atoms with Gasteiger partial charge in [-0.1, -0.05) is 30.7 Å². The van der Waals surface area contributed by atoms with Crippen LogP contribution in [-0.4, -0.2) is 23.8 Å². The molecule has 3 rings (SSSR count). The average Bonchev–Trinajstić information content (AvgIpc) is 2.86. The second-order valence-electron chi connectivity index (χ2n) is 5.86. The van der Waals surface area contributed by atoms with Gasteiger partial charge in [0, 0.05) is 18.7 Å². The molecule has 0 spiro atoms. The zero-order valence-electron chi connectivity index (χ0n) is 10.9. The predicted molar refractivity (Wildman–Crippen MR) is 73.6 cm³/mol. The minimum Gasteiger partial charge on any atom is -0.396 e. The first-order valence-electron chi connectivity index (χ1n) is 7.30. The van der Waals surface area contributed by atoms with Crippen LogP contribution in [0.5, 0.6) is 0 Å². The van der Waals surface area contributed by atoms with E-state index in [1.807, 2.05) is 0 Å². The first-order chi connectivity index (χ1) is 8.86. The number of aliphatic hydroxyl groups is 1. The quantitative estimate of drug-likeness (QED) is 0.856. The number of aliphatic hydroxyl groups excluding tert-OH is 1. The number of hydrogen-bond acceptors (Lipinski definition) is 2. The van der Waals surface area contributed by atoms with Crippen molar-refractivity contribution in [3.05, 3.63) is 35.4 Å². The monoisotopic (exact) mass is 245 g/mol. The van der Waals surface area contributed by atoms with Crippen LogP contribution in [0.3, 0.4) is 0 Å². The molecule has 98 valence electrons. The highest BCUT2D eigenvalue weighted by molar-refractivity contribution is 5.30. The van der Waals surface area contributed by atoms with E-state index < -0.39 is 0 Å². The first-order valence-corrected chi connectivity index (χ1v) is 7.30. The molecule has 0 saturated heterocycles. The largest absolute Gasteiger partial charge is 0.396 e. The fourth-order valence-electron chi connectivity index (χ4n) is 3.62. The summed E-state index contributed by atoms with van der Waals surface area (Å²) in [5.74, 6) is 0.488. The minimum atomic E-state index is 0.348. The summed E-state index contributed by atoms with van der Waals surface area (Å²) >= 11 is 0. The van der Waals surface area contributed by atoms with Gasteiger partial charge in [-0.15, -0.1) is 0 Å². The van der Waals surface area contributed by atoms with E-state index in [4.69, 9.17) is 0 Å². The van der Waals surface area contributed by atoms with E-state index >= 15 is 0 Å². The maximum atomic E-state index is 9.38. The van der Waals surface area contributed by atoms with E-state index in [-0.39, 0.29) is 0 Å². The Balaban J connectivity index is 1.62. The van der Waals surface area contributed by atoms with Crippen LogP contribution in [0, 0.1) is 5.92 Å². The fourth-order valence-corrected chi connectivity index (χ4v) is 3.62. The van der Waals surface area contributed by atoms with Gasteiger partial charge in [0.25, 0.3) is 0 Å². The van der Waals surface area contributed by atoms with Crippen molar-refractivity contribution in [1.29, 1.82) is 0 Å². The van der Waals surface area contributed by atoms with Gasteiger partial charge in [0.2, 0.25) is 0 Å². The van der Waals surface area contributed by atoms with Crippen LogP contribution in [0.25, 0.3) is 0 Å². The van der Waals surface area contributed by atoms with E-state index in [0.29, 0.717) is 24.6 Å². The van der Waals surface area contributed by atoms with Gasteiger partial charge in [-0.05, 0) is 49.1 Å². The van der Waals surface area contributed by atoms with Crippen molar-refractivity contribution < 1.29 is 5.11 Å². The van der Waals surface area contributed by atoms with Crippen LogP contribution in [0.15, 0.2) is 24.3 Å². The lowest BCUT2D eigenvalue weighted by atomic mass is 9.87. The van der Waals surface area contributed by atoms with Crippen LogP contribution in [0.2, 0.25) is 0 Å². The lowest BCUT2D eigenvalue weighted by Gasteiger charge is -2.30. The molecule has 18 heavy (non-hydrogen) atoms. The molecule has 0 aromatic heterocycles. The summed E-state index contributed by atoms with van der Waals surface area (Å²) in [6.07, 6.45) is 7.30. The van der Waals surface area contributed by atoms with E-state index in [0.717, 1.165) is 6.42 Å². The normalized spacial score (nSPS) is 31.3. The molecule has 0 radical (unpaired) electrons. The van der Waals surface area contributed by atoms with Crippen molar-refractivity contribution in [2.75, 3.05) is 6.61 Å². The molecule has 3 atom stereocenters. The molecule has 0 bridgehead atoms. The van der Waals surface area contributed by atoms with Gasteiger partial charge in [0.05, 0.1) is 0 Å². The molecular formula is C16H23NO. The van der Waals surface area contributed by atoms with E-state index in [1.54, 1.807) is 0 Å². The van der Waals surface area contributed by atoms with Gasteiger partial charge in [-0.3, -0.25) is 0 Å². The maximum absolute atomic E-state index is 9.38. The van der Waals surface area contributed by atoms with E-state index in [1.165, 1.54) is 43.2 Å². The zero-order valence-corrected chi connectivity index (χ0v) is 10.9. The number of nitrogens with one attached hydrogen (secondary N) is 1. The molecule has 0 amide bonds. The number of rotatable bonds is 3. The predicted octanol–water partition coefficient (Wildman–Crippen LogP) is 2.29. The van der Waals surface area contributed by atoms with Gasteiger partial charge in [0.1, 0.15) is 0 Å². The van der Waals surface area contributed by atoms with Crippen LogP contribution in [0.4, 0.5) is 0 Å². The van der Waals surface area contributed by atoms with Gasteiger partial charge in [-0.2, -0.15) is 0 Å². The fraction of sp³-hybridized carbons (Fsp3) is 0.625. The Morgan fingerprint density at radius 3 is 2.78 bits per heavy atom. The molecule has 2 heteroatoms. The Kier molecular flexibility index (Phi) is 3.67. The third kappa shape index (κ3) is 2.45. The van der Waals surface area contributed by atoms with Gasteiger partial charge < -0.3 is 10.4 Å². The Morgan fingerprint density at radius 2 is 1.94 bits per heavy atom. The molecule has 1 aromatic rings. The second kappa shape index (κ2) is 5.41. The standard InChI is InChI=1S/C16H23NO/c18-11-14-6-3-7-16(14)17-15-9-8-12-4-1-2-5-13(12)10-15/h1-2,4-5,14-18H,3,6-11H2. The van der Waals surface area contributed by atoms with Crippen LogP contribution in [-0.2, 0) is 12.8 Å². The smallest absolute Gasteiger partial charge is 0.0474 e. The molecule has 0 heterocycles. The van der Waals surface area contributed by atoms with Crippen LogP contribution >= 0.6 is 0 Å². The van der Waals surface area contributed by atoms with E-state index in [9.17, 15) is 5.11 Å². The van der Waals surface area contributed by atoms with Crippen molar-refractivity contribution in [2.24, 2.45) is 5.92 Å². The summed E-state index contributed by atoms with van der Waals surface area (Å²) in [5, 5.41) is 13.2. The van der Waals surface area contributed by atoms with Crippen molar-refractivity contribution in [1.82, 2.24) is 5.32 Å². The summed E-state index contributed by atoms with van der Waals surface area (Å²) in [5.41, 5.74) is 3.04. The van der Waals surface area contributed by atoms with Crippen molar-refractivity contribution in [3.63, 3.8) is 0 Å². The number of fused-ring (bicyclic) bond motifs is 1. The van der Waals surface area contributed by atoms with Crippen molar-refractivity contribution in [3.8, 4) is 0 Å². The number of benzene rings is 1. The molecule has 2 nitrogen and oxygen atoms in total. The first kappa shape index (κ1) is 12.2. The SMILES string of the molecule is OCC1CCCC1NC1CCc2ccccc2C1. The Labute approximate surface area is 109 Å². The summed E-state index contributed by atoms with van der Waals surface area (Å²) in [7, 11) is 0. The molecule has 0 aliphatic heterocycles. The molecule has 1 aromatic carbocycles. The molecular weight excluding hydrogens is 222 g/mol. The average molecular weight is 245 g/mol. The summed E-state index contributed by atoms with van der Waals surface area (Å²) < 4.78 is 0. The molecule has 2 aliphatic carbocycles. The van der Waals surface area contributed by atoms with Gasteiger partial charge >= 0.3 is 0 Å². The highest BCUT2D eigenvalue weighted by atomic mass is 16.3. The maximum Gasteiger partial charge on any atom is 0.0474 e. The van der Waals surface area contributed by atoms with Gasteiger partial charge in [-0.25, -0.2) is 0 Å². The highest BCUT2D eigenvalue weighted by Crippen LogP contribution is 2.28. The third-order valence-electron chi connectivity index (χ3n) is 4.69. The van der Waals surface area contributed by atoms with Crippen molar-refractivity contribution in [2.45, 2.75) is 50.6 Å². The molecule has 1 fully saturated rings. The molecule has 2 aliphatic rings. The summed E-state index contributed by atoms with van der Waals surface area (Å²) in [4.78, 5) is 0. The highest BCUT2D eigenvalue weighted by Gasteiger charge is 2.29. The van der Waals surface area contributed by atoms with Crippen LogP contribution < -0.4 is 5.32 Å².